The van der Waals surface area contributed by atoms with E-state index in [4.69, 9.17) is 0 Å². The molecule has 0 aromatic rings. The average Bonchev–Trinajstić information content (AvgIpc) is 1.38. The molecule has 40 valence electrons. The quantitative estimate of drug-likeness (QED) is 0.494. The van der Waals surface area contributed by atoms with Gasteiger partial charge in [0, 0.05) is 52.2 Å². The average molecular weight is 493 g/mol. The predicted octanol–water partition coefficient (Wildman–Crippen LogP) is 0.750. The first-order valence-corrected chi connectivity index (χ1v) is 1.65. The molecule has 0 bridgehead atoms. The van der Waals surface area contributed by atoms with Crippen LogP contribution in [0.4, 0.5) is 0 Å². The SMILES string of the molecule is CC(C)[C-]=O.[U].[W]. The van der Waals surface area contributed by atoms with E-state index in [0.717, 1.165) is 0 Å². The first-order chi connectivity index (χ1) is 2.27. The molecule has 0 heterocycles. The molecule has 0 N–H and O–H groups in total. The first-order valence-electron chi connectivity index (χ1n) is 1.65. The summed E-state index contributed by atoms with van der Waals surface area (Å²) < 4.78 is 0. The Bertz CT molecular complexity index is 38.7. The summed E-state index contributed by atoms with van der Waals surface area (Å²) in [4.78, 5) is 9.38. The van der Waals surface area contributed by atoms with E-state index in [1.54, 1.807) is 20.1 Å². The molecule has 0 aromatic heterocycles. The van der Waals surface area contributed by atoms with E-state index in [1.807, 2.05) is 0 Å². The minimum Gasteiger partial charge on any atom is -0.542 e. The number of hydrogen-bond acceptors (Lipinski definition) is 1. The summed E-state index contributed by atoms with van der Waals surface area (Å²) in [6.07, 6.45) is 1.78. The molecule has 0 atom stereocenters. The van der Waals surface area contributed by atoms with Crippen LogP contribution in [0.25, 0.3) is 0 Å². The fraction of sp³-hybridized carbons (Fsp3) is 0.750. The van der Waals surface area contributed by atoms with Crippen molar-refractivity contribution in [2.75, 3.05) is 0 Å². The van der Waals surface area contributed by atoms with Crippen molar-refractivity contribution in [2.24, 2.45) is 5.92 Å². The van der Waals surface area contributed by atoms with Gasteiger partial charge >= 0.3 is 0 Å². The molecule has 0 spiro atoms. The van der Waals surface area contributed by atoms with Crippen LogP contribution in [0.2, 0.25) is 0 Å². The maximum atomic E-state index is 9.38. The number of carbonyl (C=O) groups excluding carboxylic acids is 1. The molecule has 0 unspecified atom stereocenters. The molecule has 0 fully saturated rings. The summed E-state index contributed by atoms with van der Waals surface area (Å²) in [7, 11) is 0. The summed E-state index contributed by atoms with van der Waals surface area (Å²) in [5.41, 5.74) is 0. The minimum absolute atomic E-state index is 0. The van der Waals surface area contributed by atoms with Gasteiger partial charge in [-0.05, 0) is 0 Å². The van der Waals surface area contributed by atoms with Gasteiger partial charge in [-0.25, -0.2) is 0 Å². The molecular formula is C4H7OUW-. The summed E-state index contributed by atoms with van der Waals surface area (Å²) in [6.45, 7) is 3.60. The van der Waals surface area contributed by atoms with Crippen LogP contribution in [0, 0.1) is 37.0 Å². The zero-order chi connectivity index (χ0) is 4.28. The molecular weight excluding hydrogens is 486 g/mol. The van der Waals surface area contributed by atoms with Crippen LogP contribution in [-0.2, 0) is 25.9 Å². The van der Waals surface area contributed by atoms with Crippen LogP contribution in [0.5, 0.6) is 0 Å². The molecule has 0 aliphatic rings. The second-order valence-corrected chi connectivity index (χ2v) is 1.27. The van der Waals surface area contributed by atoms with Crippen LogP contribution in [0.15, 0.2) is 0 Å². The zero-order valence-electron chi connectivity index (χ0n) is 4.39. The molecule has 0 saturated carbocycles. The van der Waals surface area contributed by atoms with Crippen molar-refractivity contribution in [3.8, 4) is 0 Å². The number of rotatable bonds is 1. The summed E-state index contributed by atoms with van der Waals surface area (Å²) in [5.74, 6) is 0.0787. The Morgan fingerprint density at radius 3 is 1.57 bits per heavy atom. The third-order valence-electron chi connectivity index (χ3n) is 0.236. The van der Waals surface area contributed by atoms with Crippen LogP contribution >= 0.6 is 0 Å². The molecule has 7 heavy (non-hydrogen) atoms. The molecule has 1 nitrogen and oxygen atoms in total. The molecule has 0 radical (unpaired) electrons. The summed E-state index contributed by atoms with van der Waals surface area (Å²) in [5, 5.41) is 0. The maximum absolute atomic E-state index is 9.38. The minimum atomic E-state index is 0. The van der Waals surface area contributed by atoms with Crippen molar-refractivity contribution in [3.63, 3.8) is 0 Å². The van der Waals surface area contributed by atoms with Crippen molar-refractivity contribution in [3.05, 3.63) is 0 Å². The van der Waals surface area contributed by atoms with Crippen molar-refractivity contribution in [1.29, 1.82) is 0 Å². The van der Waals surface area contributed by atoms with Crippen molar-refractivity contribution in [1.82, 2.24) is 0 Å². The van der Waals surface area contributed by atoms with Gasteiger partial charge in [-0.1, -0.05) is 13.8 Å². The fourth-order valence-electron chi connectivity index (χ4n) is 0. The monoisotopic (exact) mass is 493 g/mol. The van der Waals surface area contributed by atoms with Gasteiger partial charge < -0.3 is 4.79 Å². The van der Waals surface area contributed by atoms with Crippen molar-refractivity contribution < 1.29 is 57.0 Å². The molecule has 0 amide bonds. The van der Waals surface area contributed by atoms with Crippen molar-refractivity contribution >= 4 is 6.29 Å². The van der Waals surface area contributed by atoms with Gasteiger partial charge in [0.15, 0.2) is 0 Å². The van der Waals surface area contributed by atoms with Gasteiger partial charge in [-0.3, -0.25) is 6.29 Å². The molecule has 0 aliphatic carbocycles. The standard InChI is InChI=1S/C4H7O.U.W/c1-4(2)3-5;;/h4H,1-2H3;;/q-1;;. The van der Waals surface area contributed by atoms with E-state index >= 15 is 0 Å². The molecule has 3 heteroatoms. The fourth-order valence-corrected chi connectivity index (χ4v) is 0. The van der Waals surface area contributed by atoms with Gasteiger partial charge in [0.1, 0.15) is 0 Å². The van der Waals surface area contributed by atoms with E-state index in [1.165, 1.54) is 0 Å². The molecule has 0 rings (SSSR count). The van der Waals surface area contributed by atoms with Crippen LogP contribution in [-0.4, -0.2) is 6.29 Å². The normalized spacial score (nSPS) is 6.14. The van der Waals surface area contributed by atoms with Gasteiger partial charge in [-0.15, -0.1) is 5.92 Å². The van der Waals surface area contributed by atoms with Crippen LogP contribution in [0.1, 0.15) is 13.8 Å². The third-order valence-corrected chi connectivity index (χ3v) is 0.236. The molecule has 0 aliphatic heterocycles. The summed E-state index contributed by atoms with van der Waals surface area (Å²) >= 11 is 0. The predicted molar refractivity (Wildman–Crippen MR) is 20.5 cm³/mol. The Morgan fingerprint density at radius 2 is 1.57 bits per heavy atom. The third kappa shape index (κ3) is 18.7. The Hall–Kier alpha value is 1.41. The Balaban J connectivity index is -0.0000000800. The Labute approximate surface area is 82.3 Å². The molecule has 0 aromatic carbocycles. The van der Waals surface area contributed by atoms with E-state index in [9.17, 15) is 4.79 Å². The Morgan fingerprint density at radius 1 is 1.43 bits per heavy atom. The molecule has 0 saturated heterocycles. The second kappa shape index (κ2) is 10.4. The Kier molecular flexibility index (Phi) is 23.4. The van der Waals surface area contributed by atoms with Gasteiger partial charge in [0.05, 0.1) is 0 Å². The van der Waals surface area contributed by atoms with Crippen LogP contribution in [0.3, 0.4) is 0 Å². The van der Waals surface area contributed by atoms with Gasteiger partial charge in [-0.2, -0.15) is 0 Å². The van der Waals surface area contributed by atoms with Crippen LogP contribution < -0.4 is 0 Å². The van der Waals surface area contributed by atoms with Gasteiger partial charge in [0.2, 0.25) is 0 Å². The van der Waals surface area contributed by atoms with E-state index in [2.05, 4.69) is 0 Å². The second-order valence-electron chi connectivity index (χ2n) is 1.27. The van der Waals surface area contributed by atoms with E-state index in [0.29, 0.717) is 0 Å². The van der Waals surface area contributed by atoms with E-state index < -0.39 is 0 Å². The van der Waals surface area contributed by atoms with E-state index in [-0.39, 0.29) is 58.1 Å². The topological polar surface area (TPSA) is 17.1 Å². The van der Waals surface area contributed by atoms with Crippen molar-refractivity contribution in [2.45, 2.75) is 13.8 Å². The zero-order valence-corrected chi connectivity index (χ0v) is 11.5. The first kappa shape index (κ1) is 15.8. The smallest absolute Gasteiger partial charge is 0 e. The number of hydrogen-bond donors (Lipinski definition) is 0. The summed E-state index contributed by atoms with van der Waals surface area (Å²) in [6, 6.07) is 0. The van der Waals surface area contributed by atoms with Gasteiger partial charge in [0.25, 0.3) is 0 Å². The maximum Gasteiger partial charge on any atom is 0 e. The largest absolute Gasteiger partial charge is 0.542 e.